The van der Waals surface area contributed by atoms with Crippen LogP contribution in [0.4, 0.5) is 0 Å². The number of rotatable bonds is 3. The van der Waals surface area contributed by atoms with Crippen LogP contribution in [0.1, 0.15) is 0 Å². The predicted octanol–water partition coefficient (Wildman–Crippen LogP) is 8.40. The third-order valence-corrected chi connectivity index (χ3v) is 8.19. The normalized spacial score (nSPS) is 11.0. The van der Waals surface area contributed by atoms with Gasteiger partial charge in [-0.2, -0.15) is 0 Å². The van der Waals surface area contributed by atoms with Gasteiger partial charge in [-0.15, -0.1) is 34.0 Å². The maximum absolute atomic E-state index is 3.58. The Morgan fingerprint density at radius 1 is 0.609 bits per heavy atom. The molecule has 3 aromatic heterocycles. The topological polar surface area (TPSA) is 0 Å². The van der Waals surface area contributed by atoms with Crippen molar-refractivity contribution in [2.45, 2.75) is 0 Å². The second-order valence-electron chi connectivity index (χ2n) is 4.93. The molecule has 0 unspecified atom stereocenters. The second kappa shape index (κ2) is 6.65. The Kier molecular flexibility index (Phi) is 4.56. The van der Waals surface area contributed by atoms with Crippen molar-refractivity contribution in [2.75, 3.05) is 0 Å². The maximum atomic E-state index is 3.58. The van der Waals surface area contributed by atoms with Crippen LogP contribution in [0.15, 0.2) is 68.2 Å². The fourth-order valence-electron chi connectivity index (χ4n) is 2.41. The van der Waals surface area contributed by atoms with Crippen LogP contribution in [-0.2, 0) is 0 Å². The Labute approximate surface area is 163 Å². The summed E-state index contributed by atoms with van der Waals surface area (Å²) in [6.07, 6.45) is 0. The van der Waals surface area contributed by atoms with Gasteiger partial charge >= 0.3 is 0 Å². The number of halogens is 2. The van der Waals surface area contributed by atoms with Crippen LogP contribution in [0, 0.1) is 0 Å². The Hall–Kier alpha value is -0.720. The smallest absolute Gasteiger partial charge is 0.0705 e. The molecule has 1 aromatic carbocycles. The number of hydrogen-bond donors (Lipinski definition) is 0. The van der Waals surface area contributed by atoms with Gasteiger partial charge in [0.05, 0.1) is 12.4 Å². The minimum atomic E-state index is 1.17. The summed E-state index contributed by atoms with van der Waals surface area (Å²) in [5, 5.41) is 0. The lowest BCUT2D eigenvalue weighted by Crippen LogP contribution is -1.75. The highest BCUT2D eigenvalue weighted by molar-refractivity contribution is 9.11. The molecule has 0 amide bonds. The quantitative estimate of drug-likeness (QED) is 0.275. The van der Waals surface area contributed by atoms with E-state index in [1.807, 2.05) is 11.3 Å². The van der Waals surface area contributed by atoms with Crippen LogP contribution in [0.2, 0.25) is 0 Å². The van der Waals surface area contributed by atoms with Gasteiger partial charge in [0.25, 0.3) is 0 Å². The van der Waals surface area contributed by atoms with E-state index in [1.165, 1.54) is 38.2 Å². The van der Waals surface area contributed by atoms with Crippen molar-refractivity contribution in [3.8, 4) is 30.6 Å². The van der Waals surface area contributed by atoms with Crippen LogP contribution in [0.25, 0.3) is 30.6 Å². The van der Waals surface area contributed by atoms with E-state index in [4.69, 9.17) is 0 Å². The molecule has 114 valence electrons. The van der Waals surface area contributed by atoms with Crippen LogP contribution >= 0.6 is 65.9 Å². The highest BCUT2D eigenvalue weighted by Gasteiger charge is 2.16. The molecule has 3 heterocycles. The molecule has 0 radical (unpaired) electrons. The molecular weight excluding hydrogens is 472 g/mol. The Balaban J connectivity index is 1.90. The van der Waals surface area contributed by atoms with Crippen LogP contribution < -0.4 is 0 Å². The molecule has 0 saturated heterocycles. The summed E-state index contributed by atoms with van der Waals surface area (Å²) in [5.74, 6) is 0. The monoisotopic (exact) mass is 480 g/mol. The standard InChI is InChI=1S/C18H10Br2S3/c19-16-8-6-13(21-16)15-10-12(11-4-2-1-3-5-11)18(23-15)14-7-9-17(20)22-14/h1-10H. The van der Waals surface area contributed by atoms with Gasteiger partial charge < -0.3 is 0 Å². The van der Waals surface area contributed by atoms with Crippen molar-refractivity contribution in [3.05, 3.63) is 68.2 Å². The number of hydrogen-bond acceptors (Lipinski definition) is 3. The molecule has 0 N–H and O–H groups in total. The third kappa shape index (κ3) is 3.26. The lowest BCUT2D eigenvalue weighted by Gasteiger charge is -2.01. The van der Waals surface area contributed by atoms with Gasteiger partial charge in [0.15, 0.2) is 0 Å². The van der Waals surface area contributed by atoms with E-state index < -0.39 is 0 Å². The third-order valence-electron chi connectivity index (χ3n) is 3.43. The van der Waals surface area contributed by atoms with Gasteiger partial charge in [0.2, 0.25) is 0 Å². The first-order valence-electron chi connectivity index (χ1n) is 6.91. The van der Waals surface area contributed by atoms with Gasteiger partial charge in [-0.3, -0.25) is 0 Å². The van der Waals surface area contributed by atoms with Gasteiger partial charge in [-0.25, -0.2) is 0 Å². The van der Waals surface area contributed by atoms with Crippen molar-refractivity contribution >= 4 is 65.9 Å². The Bertz CT molecular complexity index is 948. The summed E-state index contributed by atoms with van der Waals surface area (Å²) in [7, 11) is 0. The summed E-state index contributed by atoms with van der Waals surface area (Å²) in [5.41, 5.74) is 2.58. The Morgan fingerprint density at radius 3 is 1.87 bits per heavy atom. The summed E-state index contributed by atoms with van der Waals surface area (Å²) < 4.78 is 2.34. The van der Waals surface area contributed by atoms with E-state index in [9.17, 15) is 0 Å². The zero-order valence-corrected chi connectivity index (χ0v) is 17.4. The predicted molar refractivity (Wildman–Crippen MR) is 112 cm³/mol. The van der Waals surface area contributed by atoms with Gasteiger partial charge in [0, 0.05) is 20.2 Å². The largest absolute Gasteiger partial charge is 0.133 e. The molecule has 23 heavy (non-hydrogen) atoms. The second-order valence-corrected chi connectivity index (χ2v) is 10.9. The minimum Gasteiger partial charge on any atom is -0.133 e. The zero-order valence-electron chi connectivity index (χ0n) is 11.8. The van der Waals surface area contributed by atoms with Crippen molar-refractivity contribution < 1.29 is 0 Å². The van der Waals surface area contributed by atoms with Crippen molar-refractivity contribution in [1.82, 2.24) is 0 Å². The maximum Gasteiger partial charge on any atom is 0.0705 e. The molecule has 4 aromatic rings. The average Bonchev–Trinajstić information content (AvgIpc) is 3.27. The molecule has 5 heteroatoms. The lowest BCUT2D eigenvalue weighted by molar-refractivity contribution is 1.67. The lowest BCUT2D eigenvalue weighted by atomic mass is 10.1. The zero-order chi connectivity index (χ0) is 15.8. The average molecular weight is 482 g/mol. The summed E-state index contributed by atoms with van der Waals surface area (Å²) >= 11 is 12.6. The number of benzene rings is 1. The van der Waals surface area contributed by atoms with E-state index >= 15 is 0 Å². The molecule has 0 spiro atoms. The molecule has 0 aliphatic carbocycles. The molecule has 0 bridgehead atoms. The van der Waals surface area contributed by atoms with E-state index in [-0.39, 0.29) is 0 Å². The molecule has 4 rings (SSSR count). The Morgan fingerprint density at radius 2 is 1.26 bits per heavy atom. The molecule has 0 fully saturated rings. The van der Waals surface area contributed by atoms with E-state index in [0.29, 0.717) is 0 Å². The van der Waals surface area contributed by atoms with Crippen molar-refractivity contribution in [1.29, 1.82) is 0 Å². The fraction of sp³-hybridized carbons (Fsp3) is 0. The molecule has 0 atom stereocenters. The van der Waals surface area contributed by atoms with Crippen molar-refractivity contribution in [3.63, 3.8) is 0 Å². The van der Waals surface area contributed by atoms with Crippen LogP contribution in [0.5, 0.6) is 0 Å². The minimum absolute atomic E-state index is 1.17. The molecule has 0 aliphatic rings. The molecular formula is C18H10Br2S3. The first-order valence-corrected chi connectivity index (χ1v) is 10.9. The molecule has 0 nitrogen and oxygen atoms in total. The fourth-order valence-corrected chi connectivity index (χ4v) is 6.57. The van der Waals surface area contributed by atoms with E-state index in [0.717, 1.165) is 0 Å². The first kappa shape index (κ1) is 15.8. The highest BCUT2D eigenvalue weighted by atomic mass is 79.9. The van der Waals surface area contributed by atoms with Crippen molar-refractivity contribution in [2.24, 2.45) is 0 Å². The van der Waals surface area contributed by atoms with E-state index in [2.05, 4.69) is 92.5 Å². The first-order chi connectivity index (χ1) is 11.2. The highest BCUT2D eigenvalue weighted by Crippen LogP contribution is 2.47. The van der Waals surface area contributed by atoms with Gasteiger partial charge in [0.1, 0.15) is 0 Å². The summed E-state index contributed by atoms with van der Waals surface area (Å²) in [6.45, 7) is 0. The molecule has 0 aliphatic heterocycles. The SMILES string of the molecule is Brc1ccc(-c2cc(-c3ccccc3)c(-c3ccc(Br)s3)s2)s1. The molecule has 0 saturated carbocycles. The number of thiophene rings is 3. The van der Waals surface area contributed by atoms with Gasteiger partial charge in [-0.1, -0.05) is 30.3 Å². The van der Waals surface area contributed by atoms with E-state index in [1.54, 1.807) is 22.7 Å². The summed E-state index contributed by atoms with van der Waals surface area (Å²) in [6, 6.07) is 21.6. The van der Waals surface area contributed by atoms with Crippen LogP contribution in [0.3, 0.4) is 0 Å². The van der Waals surface area contributed by atoms with Crippen LogP contribution in [-0.4, -0.2) is 0 Å². The van der Waals surface area contributed by atoms with Gasteiger partial charge in [-0.05, 0) is 67.8 Å². The summed E-state index contributed by atoms with van der Waals surface area (Å²) in [4.78, 5) is 5.27.